The molecular formula is C11H20N2S. The molecule has 0 radical (unpaired) electrons. The Kier molecular flexibility index (Phi) is 5.12. The first kappa shape index (κ1) is 11.7. The summed E-state index contributed by atoms with van der Waals surface area (Å²) in [5, 5.41) is 6.80. The third-order valence-corrected chi connectivity index (χ3v) is 3.54. The summed E-state index contributed by atoms with van der Waals surface area (Å²) in [5.74, 6) is 0.618. The van der Waals surface area contributed by atoms with Crippen LogP contribution in [0.3, 0.4) is 0 Å². The maximum atomic E-state index is 4.63. The van der Waals surface area contributed by atoms with Crippen LogP contribution in [0.5, 0.6) is 0 Å². The highest BCUT2D eigenvalue weighted by Crippen LogP contribution is 2.22. The lowest BCUT2D eigenvalue weighted by molar-refractivity contribution is 0.695. The van der Waals surface area contributed by atoms with E-state index in [-0.39, 0.29) is 0 Å². The Morgan fingerprint density at radius 3 is 2.93 bits per heavy atom. The van der Waals surface area contributed by atoms with Crippen LogP contribution in [0.25, 0.3) is 0 Å². The molecule has 0 aliphatic rings. The number of rotatable bonds is 6. The van der Waals surface area contributed by atoms with E-state index in [1.54, 1.807) is 11.3 Å². The minimum absolute atomic E-state index is 0.618. The van der Waals surface area contributed by atoms with Crippen molar-refractivity contribution in [3.05, 3.63) is 16.1 Å². The molecule has 1 N–H and O–H groups in total. The number of hydrogen-bond donors (Lipinski definition) is 1. The quantitative estimate of drug-likeness (QED) is 0.733. The van der Waals surface area contributed by atoms with Gasteiger partial charge in [-0.3, -0.25) is 0 Å². The topological polar surface area (TPSA) is 24.9 Å². The zero-order chi connectivity index (χ0) is 10.4. The van der Waals surface area contributed by atoms with E-state index in [1.165, 1.54) is 17.1 Å². The smallest absolute Gasteiger partial charge is 0.0956 e. The number of nitrogens with one attached hydrogen (secondary N) is 1. The predicted octanol–water partition coefficient (Wildman–Crippen LogP) is 2.81. The molecule has 1 aromatic rings. The second kappa shape index (κ2) is 6.14. The van der Waals surface area contributed by atoms with Gasteiger partial charge in [0.25, 0.3) is 0 Å². The minimum atomic E-state index is 0.618. The van der Waals surface area contributed by atoms with Crippen LogP contribution in [-0.4, -0.2) is 18.1 Å². The van der Waals surface area contributed by atoms with Crippen LogP contribution >= 0.6 is 11.3 Å². The Hall–Kier alpha value is -0.410. The standard InChI is InChI=1S/C11H20N2S/c1-4-9(3)11-13-10(8-14-11)6-7-12-5-2/h8-9,12H,4-7H2,1-3H3. The van der Waals surface area contributed by atoms with Crippen LogP contribution in [0.4, 0.5) is 0 Å². The Morgan fingerprint density at radius 2 is 2.29 bits per heavy atom. The molecule has 0 fully saturated rings. The molecular weight excluding hydrogens is 192 g/mol. The van der Waals surface area contributed by atoms with E-state index in [4.69, 9.17) is 0 Å². The fourth-order valence-corrected chi connectivity index (χ4v) is 2.23. The molecule has 2 nitrogen and oxygen atoms in total. The Labute approximate surface area is 90.8 Å². The largest absolute Gasteiger partial charge is 0.317 e. The van der Waals surface area contributed by atoms with Crippen LogP contribution in [-0.2, 0) is 6.42 Å². The van der Waals surface area contributed by atoms with E-state index < -0.39 is 0 Å². The molecule has 0 aliphatic heterocycles. The third-order valence-electron chi connectivity index (χ3n) is 2.41. The number of aromatic nitrogens is 1. The molecule has 1 unspecified atom stereocenters. The maximum absolute atomic E-state index is 4.63. The first-order valence-corrected chi connectivity index (χ1v) is 6.30. The summed E-state index contributed by atoms with van der Waals surface area (Å²) in [5.41, 5.74) is 1.24. The fourth-order valence-electron chi connectivity index (χ4n) is 1.23. The second-order valence-corrected chi connectivity index (χ2v) is 4.48. The summed E-state index contributed by atoms with van der Waals surface area (Å²) >= 11 is 1.80. The molecule has 80 valence electrons. The summed E-state index contributed by atoms with van der Waals surface area (Å²) < 4.78 is 0. The van der Waals surface area contributed by atoms with Crippen molar-refractivity contribution in [1.82, 2.24) is 10.3 Å². The van der Waals surface area contributed by atoms with Gasteiger partial charge in [-0.1, -0.05) is 20.8 Å². The highest BCUT2D eigenvalue weighted by atomic mass is 32.1. The zero-order valence-electron chi connectivity index (χ0n) is 9.34. The Morgan fingerprint density at radius 1 is 1.50 bits per heavy atom. The summed E-state index contributed by atoms with van der Waals surface area (Å²) in [6, 6.07) is 0. The third kappa shape index (κ3) is 3.39. The first-order chi connectivity index (χ1) is 6.77. The van der Waals surface area contributed by atoms with Crippen LogP contribution in [0, 0.1) is 0 Å². The van der Waals surface area contributed by atoms with Crippen molar-refractivity contribution < 1.29 is 0 Å². The Balaban J connectivity index is 2.42. The van der Waals surface area contributed by atoms with Gasteiger partial charge in [0.05, 0.1) is 10.7 Å². The lowest BCUT2D eigenvalue weighted by atomic mass is 10.1. The molecule has 0 bridgehead atoms. The van der Waals surface area contributed by atoms with E-state index >= 15 is 0 Å². The molecule has 0 amide bonds. The molecule has 1 atom stereocenters. The lowest BCUT2D eigenvalue weighted by Gasteiger charge is -2.02. The van der Waals surface area contributed by atoms with Gasteiger partial charge in [0.2, 0.25) is 0 Å². The van der Waals surface area contributed by atoms with Gasteiger partial charge in [-0.2, -0.15) is 0 Å². The summed E-state index contributed by atoms with van der Waals surface area (Å²) in [6.07, 6.45) is 2.24. The molecule has 0 spiro atoms. The number of thiazole rings is 1. The van der Waals surface area contributed by atoms with Gasteiger partial charge >= 0.3 is 0 Å². The van der Waals surface area contributed by atoms with Crippen molar-refractivity contribution in [3.8, 4) is 0 Å². The van der Waals surface area contributed by atoms with Crippen molar-refractivity contribution in [2.75, 3.05) is 13.1 Å². The molecule has 3 heteroatoms. The van der Waals surface area contributed by atoms with Crippen LogP contribution in [0.15, 0.2) is 5.38 Å². The van der Waals surface area contributed by atoms with E-state index in [0.29, 0.717) is 5.92 Å². The van der Waals surface area contributed by atoms with Crippen LogP contribution in [0.1, 0.15) is 43.8 Å². The van der Waals surface area contributed by atoms with Crippen molar-refractivity contribution in [2.24, 2.45) is 0 Å². The number of nitrogens with zero attached hydrogens (tertiary/aromatic N) is 1. The summed E-state index contributed by atoms with van der Waals surface area (Å²) in [6.45, 7) is 8.67. The highest BCUT2D eigenvalue weighted by Gasteiger charge is 2.07. The predicted molar refractivity (Wildman–Crippen MR) is 63.1 cm³/mol. The molecule has 14 heavy (non-hydrogen) atoms. The van der Waals surface area contributed by atoms with Crippen molar-refractivity contribution in [2.45, 2.75) is 39.5 Å². The summed E-state index contributed by atoms with van der Waals surface area (Å²) in [7, 11) is 0. The van der Waals surface area contributed by atoms with E-state index in [0.717, 1.165) is 19.5 Å². The second-order valence-electron chi connectivity index (χ2n) is 3.59. The summed E-state index contributed by atoms with van der Waals surface area (Å²) in [4.78, 5) is 4.63. The van der Waals surface area contributed by atoms with Gasteiger partial charge in [0, 0.05) is 24.3 Å². The van der Waals surface area contributed by atoms with Gasteiger partial charge in [0.1, 0.15) is 0 Å². The monoisotopic (exact) mass is 212 g/mol. The SMILES string of the molecule is CCNCCc1csc(C(C)CC)n1. The van der Waals surface area contributed by atoms with Crippen molar-refractivity contribution in [1.29, 1.82) is 0 Å². The van der Waals surface area contributed by atoms with Gasteiger partial charge < -0.3 is 5.32 Å². The van der Waals surface area contributed by atoms with Crippen molar-refractivity contribution >= 4 is 11.3 Å². The molecule has 1 heterocycles. The zero-order valence-corrected chi connectivity index (χ0v) is 10.2. The fraction of sp³-hybridized carbons (Fsp3) is 0.727. The molecule has 0 saturated heterocycles. The first-order valence-electron chi connectivity index (χ1n) is 5.42. The van der Waals surface area contributed by atoms with E-state index in [1.807, 2.05) is 0 Å². The molecule has 0 saturated carbocycles. The average molecular weight is 212 g/mol. The van der Waals surface area contributed by atoms with Gasteiger partial charge in [-0.05, 0) is 13.0 Å². The van der Waals surface area contributed by atoms with Crippen molar-refractivity contribution in [3.63, 3.8) is 0 Å². The molecule has 0 aromatic carbocycles. The maximum Gasteiger partial charge on any atom is 0.0956 e. The molecule has 1 aromatic heterocycles. The van der Waals surface area contributed by atoms with Crippen LogP contribution < -0.4 is 5.32 Å². The van der Waals surface area contributed by atoms with Gasteiger partial charge in [0.15, 0.2) is 0 Å². The van der Waals surface area contributed by atoms with Gasteiger partial charge in [-0.15, -0.1) is 11.3 Å². The lowest BCUT2D eigenvalue weighted by Crippen LogP contribution is -2.16. The normalized spacial score (nSPS) is 13.1. The van der Waals surface area contributed by atoms with Gasteiger partial charge in [-0.25, -0.2) is 4.98 Å². The van der Waals surface area contributed by atoms with E-state index in [9.17, 15) is 0 Å². The highest BCUT2D eigenvalue weighted by molar-refractivity contribution is 7.09. The Bertz CT molecular complexity index is 258. The van der Waals surface area contributed by atoms with Crippen LogP contribution in [0.2, 0.25) is 0 Å². The average Bonchev–Trinajstić information content (AvgIpc) is 2.66. The number of hydrogen-bond acceptors (Lipinski definition) is 3. The van der Waals surface area contributed by atoms with E-state index in [2.05, 4.69) is 36.5 Å². The number of likely N-dealkylation sites (N-methyl/N-ethyl adjacent to an activating group) is 1. The minimum Gasteiger partial charge on any atom is -0.317 e. The molecule has 1 rings (SSSR count). The molecule has 0 aliphatic carbocycles.